The van der Waals surface area contributed by atoms with Crippen molar-refractivity contribution in [2.45, 2.75) is 37.5 Å². The van der Waals surface area contributed by atoms with E-state index in [4.69, 9.17) is 0 Å². The number of sulfone groups is 2. The summed E-state index contributed by atoms with van der Waals surface area (Å²) in [6.45, 7) is 6.95. The number of aromatic hydroxyl groups is 4. The molecule has 6 rings (SSSR count). The Labute approximate surface area is 356 Å². The summed E-state index contributed by atoms with van der Waals surface area (Å²) in [4.78, 5) is 19.6. The molecule has 4 N–H and O–H groups in total. The number of nitro groups is 2. The zero-order valence-electron chi connectivity index (χ0n) is 32.6. The van der Waals surface area contributed by atoms with E-state index in [1.54, 1.807) is 38.1 Å². The second-order valence-corrected chi connectivity index (χ2v) is 17.1. The molecule has 25 heteroatoms. The van der Waals surface area contributed by atoms with Crippen LogP contribution in [0.25, 0.3) is 11.4 Å². The molecule has 6 aromatic rings. The smallest absolute Gasteiger partial charge is 0.314 e. The van der Waals surface area contributed by atoms with Crippen molar-refractivity contribution in [1.82, 2.24) is 19.6 Å². The molecule has 61 heavy (non-hydrogen) atoms. The Morgan fingerprint density at radius 2 is 0.869 bits per heavy atom. The van der Waals surface area contributed by atoms with E-state index in [-0.39, 0.29) is 39.9 Å². The van der Waals surface area contributed by atoms with Crippen molar-refractivity contribution in [2.75, 3.05) is 12.5 Å². The van der Waals surface area contributed by atoms with Crippen LogP contribution in [-0.2, 0) is 36.5 Å². The first-order chi connectivity index (χ1) is 28.0. The van der Waals surface area contributed by atoms with Gasteiger partial charge in [0.05, 0.1) is 42.4 Å². The number of nitro benzene ring substituents is 2. The molecule has 0 atom stereocenters. The van der Waals surface area contributed by atoms with E-state index in [1.807, 2.05) is 38.1 Å². The fourth-order valence-corrected chi connectivity index (χ4v) is 6.51. The molecule has 0 fully saturated rings. The molecule has 0 aliphatic rings. The zero-order valence-corrected chi connectivity index (χ0v) is 35.3. The van der Waals surface area contributed by atoms with Crippen molar-refractivity contribution in [3.63, 3.8) is 0 Å². The van der Waals surface area contributed by atoms with Gasteiger partial charge in [0.1, 0.15) is 11.4 Å². The molecule has 22 nitrogen and oxygen atoms in total. The van der Waals surface area contributed by atoms with Crippen LogP contribution in [0.2, 0.25) is 0 Å². The third kappa shape index (κ3) is 10.4. The molecule has 0 saturated carbocycles. The summed E-state index contributed by atoms with van der Waals surface area (Å²) in [5, 5.41) is 87.0. The third-order valence-corrected chi connectivity index (χ3v) is 10.6. The molecule has 2 heterocycles. The first-order valence-electron chi connectivity index (χ1n) is 17.0. The third-order valence-electron chi connectivity index (χ3n) is 8.42. The summed E-state index contributed by atoms with van der Waals surface area (Å²) in [5.41, 5.74) is 1.15. The van der Waals surface area contributed by atoms with Crippen molar-refractivity contribution < 1.29 is 63.9 Å². The maximum Gasteiger partial charge on any atom is 0.314 e. The van der Waals surface area contributed by atoms with Gasteiger partial charge in [-0.1, -0.05) is 35.4 Å². The number of hydrogen-bond acceptors (Lipinski definition) is 18. The molecule has 4 aromatic carbocycles. The van der Waals surface area contributed by atoms with Crippen LogP contribution in [0.4, 0.5) is 34.1 Å². The minimum Gasteiger partial charge on any atom is -0.501 e. The first-order valence-corrected chi connectivity index (χ1v) is 20.7. The van der Waals surface area contributed by atoms with E-state index in [0.717, 1.165) is 47.9 Å². The molecular weight excluding hydrogens is 888 g/mol. The number of benzene rings is 4. The van der Waals surface area contributed by atoms with Crippen molar-refractivity contribution in [3.8, 4) is 34.6 Å². The van der Waals surface area contributed by atoms with Gasteiger partial charge < -0.3 is 20.4 Å². The predicted octanol–water partition coefficient (Wildman–Crippen LogP) is 7.25. The molecule has 0 saturated heterocycles. The average molecular weight is 922 g/mol. The number of rotatable bonds is 10. The summed E-state index contributed by atoms with van der Waals surface area (Å²) in [6.07, 6.45) is 1.73. The average Bonchev–Trinajstić information content (AvgIpc) is 3.61. The number of hydrogen-bond donors (Lipinski definition) is 4. The van der Waals surface area contributed by atoms with Gasteiger partial charge >= 0.3 is 11.4 Å². The maximum atomic E-state index is 11.8. The molecule has 0 spiro atoms. The molecule has 0 aliphatic heterocycles. The van der Waals surface area contributed by atoms with Crippen molar-refractivity contribution >= 4 is 53.8 Å². The van der Waals surface area contributed by atoms with Gasteiger partial charge in [-0.2, -0.15) is 19.6 Å². The summed E-state index contributed by atoms with van der Waals surface area (Å²) < 4.78 is 49.7. The minimum absolute atomic E-state index is 0. The molecular formula is C36H34CoN10O12S2. The molecule has 0 unspecified atom stereocenters. The van der Waals surface area contributed by atoms with Crippen molar-refractivity contribution in [1.29, 1.82) is 0 Å². The number of azo groups is 2. The van der Waals surface area contributed by atoms with Gasteiger partial charge in [0.15, 0.2) is 31.0 Å². The molecule has 0 bridgehead atoms. The summed E-state index contributed by atoms with van der Waals surface area (Å²) >= 11 is 0. The van der Waals surface area contributed by atoms with Crippen LogP contribution in [0.15, 0.2) is 103 Å². The predicted molar refractivity (Wildman–Crippen MR) is 213 cm³/mol. The SMILES string of the molecule is Cc1ccc(-n2nc(C)c(N=Nc3cc(S(C)(=O)=O)cc([N+](=O)[O-])c3O)c2O)cc1.Cc1ccc(-n2nc(C)c(N=Nc3cc(S(C)(=O)=O)cc([N+](=O)[O-])c3O)c2O)cc1.[Co]. The minimum atomic E-state index is -3.82. The van der Waals surface area contributed by atoms with Gasteiger partial charge in [-0.25, -0.2) is 16.8 Å². The summed E-state index contributed by atoms with van der Waals surface area (Å²) in [6, 6.07) is 17.7. The van der Waals surface area contributed by atoms with Crippen LogP contribution in [0.1, 0.15) is 22.5 Å². The van der Waals surface area contributed by atoms with Crippen LogP contribution in [0, 0.1) is 47.9 Å². The first kappa shape index (κ1) is 46.6. The Morgan fingerprint density at radius 3 is 1.15 bits per heavy atom. The molecule has 1 radical (unpaired) electrons. The second kappa shape index (κ2) is 18.0. The van der Waals surface area contributed by atoms with Gasteiger partial charge in [-0.3, -0.25) is 20.2 Å². The Balaban J connectivity index is 0.000000264. The fraction of sp³-hybridized carbons (Fsp3) is 0.167. The summed E-state index contributed by atoms with van der Waals surface area (Å²) in [5.74, 6) is -2.37. The monoisotopic (exact) mass is 921 g/mol. The van der Waals surface area contributed by atoms with E-state index in [1.165, 1.54) is 9.36 Å². The normalized spacial score (nSPS) is 11.6. The molecule has 0 amide bonds. The Hall–Kier alpha value is -7.09. The van der Waals surface area contributed by atoms with Gasteiger partial charge in [0, 0.05) is 41.4 Å². The van der Waals surface area contributed by atoms with Gasteiger partial charge in [-0.15, -0.1) is 20.5 Å². The van der Waals surface area contributed by atoms with Crippen LogP contribution in [-0.4, -0.2) is 79.2 Å². The largest absolute Gasteiger partial charge is 0.501 e. The second-order valence-electron chi connectivity index (χ2n) is 13.1. The molecule has 0 aliphatic carbocycles. The van der Waals surface area contributed by atoms with E-state index < -0.39 is 73.6 Å². The Kier molecular flexibility index (Phi) is 13.8. The van der Waals surface area contributed by atoms with Gasteiger partial charge in [0.2, 0.25) is 23.3 Å². The van der Waals surface area contributed by atoms with Crippen molar-refractivity contribution in [2.24, 2.45) is 20.5 Å². The van der Waals surface area contributed by atoms with Gasteiger partial charge in [-0.05, 0) is 64.1 Å². The number of phenolic OH excluding ortho intramolecular Hbond substituents is 2. The number of nitrogens with zero attached hydrogens (tertiary/aromatic N) is 10. The standard InChI is InChI=1S/2C18H17N5O6S.Co/c2*1-10-4-6-12(7-5-10)22-18(25)16(11(2)21-22)20-19-14-8-13(30(3,28)29)9-15(17(14)24)23(26)27;/h2*4-9,24-25H,1-3H3;. The maximum absolute atomic E-state index is 11.8. The number of phenols is 2. The van der Waals surface area contributed by atoms with Crippen molar-refractivity contribution in [3.05, 3.63) is 116 Å². The van der Waals surface area contributed by atoms with E-state index in [9.17, 15) is 57.5 Å². The summed E-state index contributed by atoms with van der Waals surface area (Å²) in [7, 11) is -7.63. The number of aryl methyl sites for hydroxylation is 4. The van der Waals surface area contributed by atoms with Crippen LogP contribution in [0.5, 0.6) is 23.3 Å². The van der Waals surface area contributed by atoms with Crippen LogP contribution in [0.3, 0.4) is 0 Å². The van der Waals surface area contributed by atoms with Gasteiger partial charge in [0.25, 0.3) is 0 Å². The van der Waals surface area contributed by atoms with Crippen LogP contribution < -0.4 is 0 Å². The van der Waals surface area contributed by atoms with E-state index in [2.05, 4.69) is 30.7 Å². The van der Waals surface area contributed by atoms with E-state index in [0.29, 0.717) is 22.8 Å². The number of aromatic nitrogens is 4. The quantitative estimate of drug-likeness (QED) is 0.0597. The Bertz CT molecular complexity index is 2770. The Morgan fingerprint density at radius 1 is 0.557 bits per heavy atom. The zero-order chi connectivity index (χ0) is 44.4. The molecule has 2 aromatic heterocycles. The fourth-order valence-electron chi connectivity index (χ4n) is 5.20. The molecule has 321 valence electrons. The topological polar surface area (TPSA) is 321 Å². The van der Waals surface area contributed by atoms with Crippen LogP contribution >= 0.6 is 0 Å². The van der Waals surface area contributed by atoms with E-state index >= 15 is 0 Å².